The number of nitrogens with two attached hydrogens (primary N) is 1. The van der Waals surface area contributed by atoms with E-state index < -0.39 is 0 Å². The van der Waals surface area contributed by atoms with E-state index in [1.165, 1.54) is 0 Å². The van der Waals surface area contributed by atoms with E-state index in [9.17, 15) is 0 Å². The molecule has 1 aromatic carbocycles. The molecule has 0 amide bonds. The Morgan fingerprint density at radius 1 is 1.19 bits per heavy atom. The van der Waals surface area contributed by atoms with Gasteiger partial charge in [-0.15, -0.1) is 0 Å². The van der Waals surface area contributed by atoms with Gasteiger partial charge in [0, 0.05) is 13.0 Å². The molecule has 0 unspecified atom stereocenters. The molecule has 0 radical (unpaired) electrons. The van der Waals surface area contributed by atoms with Crippen LogP contribution < -0.4 is 15.2 Å². The lowest BCUT2D eigenvalue weighted by molar-refractivity contribution is 0.233. The lowest BCUT2D eigenvalue weighted by Crippen LogP contribution is -2.04. The minimum absolute atomic E-state index is 0.117. The predicted octanol–water partition coefficient (Wildman–Crippen LogP) is 1.82. The van der Waals surface area contributed by atoms with Gasteiger partial charge in [0.15, 0.2) is 0 Å². The Hall–Kier alpha value is -1.42. The molecule has 90 valence electrons. The number of hydrogen-bond donors (Lipinski definition) is 2. The summed E-state index contributed by atoms with van der Waals surface area (Å²) < 4.78 is 10.9. The molecular weight excluding hydrogens is 206 g/mol. The number of rotatable bonds is 7. The Labute approximate surface area is 96.0 Å². The summed E-state index contributed by atoms with van der Waals surface area (Å²) in [6.07, 6.45) is 1.54. The lowest BCUT2D eigenvalue weighted by Gasteiger charge is -2.12. The maximum Gasteiger partial charge on any atom is 0.146 e. The van der Waals surface area contributed by atoms with Gasteiger partial charge in [0.25, 0.3) is 0 Å². The summed E-state index contributed by atoms with van der Waals surface area (Å²) in [7, 11) is 0. The molecule has 0 aliphatic carbocycles. The SMILES string of the molecule is CCCOc1cccc(OCCCO)c1N. The van der Waals surface area contributed by atoms with Gasteiger partial charge < -0.3 is 20.3 Å². The molecule has 0 aromatic heterocycles. The second kappa shape index (κ2) is 6.95. The number of aliphatic hydroxyl groups excluding tert-OH is 1. The average Bonchev–Trinajstić information content (AvgIpc) is 2.30. The van der Waals surface area contributed by atoms with E-state index in [2.05, 4.69) is 0 Å². The molecule has 0 fully saturated rings. The Kier molecular flexibility index (Phi) is 5.50. The maximum absolute atomic E-state index is 8.65. The van der Waals surface area contributed by atoms with Crippen molar-refractivity contribution in [2.24, 2.45) is 0 Å². The number of anilines is 1. The second-order valence-electron chi connectivity index (χ2n) is 3.44. The zero-order valence-electron chi connectivity index (χ0n) is 9.61. The zero-order chi connectivity index (χ0) is 11.8. The van der Waals surface area contributed by atoms with E-state index in [-0.39, 0.29) is 6.61 Å². The number of ether oxygens (including phenoxy) is 2. The van der Waals surface area contributed by atoms with Gasteiger partial charge in [-0.2, -0.15) is 0 Å². The lowest BCUT2D eigenvalue weighted by atomic mass is 10.2. The number of hydrogen-bond acceptors (Lipinski definition) is 4. The molecule has 0 bridgehead atoms. The van der Waals surface area contributed by atoms with Crippen molar-refractivity contribution in [3.8, 4) is 11.5 Å². The third kappa shape index (κ3) is 3.62. The van der Waals surface area contributed by atoms with E-state index in [1.807, 2.05) is 19.1 Å². The van der Waals surface area contributed by atoms with Crippen molar-refractivity contribution in [3.63, 3.8) is 0 Å². The van der Waals surface area contributed by atoms with Crippen LogP contribution in [-0.4, -0.2) is 24.9 Å². The Balaban J connectivity index is 2.62. The number of nitrogen functional groups attached to an aromatic ring is 1. The van der Waals surface area contributed by atoms with Gasteiger partial charge in [-0.1, -0.05) is 13.0 Å². The van der Waals surface area contributed by atoms with Crippen LogP contribution in [0, 0.1) is 0 Å². The highest BCUT2D eigenvalue weighted by molar-refractivity contribution is 5.62. The summed E-state index contributed by atoms with van der Waals surface area (Å²) in [5, 5.41) is 8.65. The van der Waals surface area contributed by atoms with Crippen LogP contribution in [0.15, 0.2) is 18.2 Å². The summed E-state index contributed by atoms with van der Waals surface area (Å²) >= 11 is 0. The zero-order valence-corrected chi connectivity index (χ0v) is 9.61. The molecule has 0 saturated carbocycles. The largest absolute Gasteiger partial charge is 0.491 e. The Morgan fingerprint density at radius 2 is 1.81 bits per heavy atom. The predicted molar refractivity (Wildman–Crippen MR) is 63.8 cm³/mol. The van der Waals surface area contributed by atoms with Crippen LogP contribution in [0.5, 0.6) is 11.5 Å². The molecule has 4 heteroatoms. The van der Waals surface area contributed by atoms with Crippen molar-refractivity contribution in [1.82, 2.24) is 0 Å². The average molecular weight is 225 g/mol. The smallest absolute Gasteiger partial charge is 0.146 e. The van der Waals surface area contributed by atoms with Crippen molar-refractivity contribution in [2.45, 2.75) is 19.8 Å². The minimum Gasteiger partial charge on any atom is -0.491 e. The van der Waals surface area contributed by atoms with Crippen molar-refractivity contribution in [3.05, 3.63) is 18.2 Å². The van der Waals surface area contributed by atoms with Gasteiger partial charge in [-0.3, -0.25) is 0 Å². The monoisotopic (exact) mass is 225 g/mol. The normalized spacial score (nSPS) is 10.1. The van der Waals surface area contributed by atoms with Crippen molar-refractivity contribution >= 4 is 5.69 Å². The summed E-state index contributed by atoms with van der Waals surface area (Å²) in [6.45, 7) is 3.26. The fourth-order valence-electron chi connectivity index (χ4n) is 1.23. The first kappa shape index (κ1) is 12.6. The molecule has 1 aromatic rings. The van der Waals surface area contributed by atoms with Crippen molar-refractivity contribution < 1.29 is 14.6 Å². The number of para-hydroxylation sites is 1. The van der Waals surface area contributed by atoms with Crippen molar-refractivity contribution in [1.29, 1.82) is 0 Å². The topological polar surface area (TPSA) is 64.7 Å². The summed E-state index contributed by atoms with van der Waals surface area (Å²) in [6, 6.07) is 5.46. The molecule has 16 heavy (non-hydrogen) atoms. The molecule has 4 nitrogen and oxygen atoms in total. The highest BCUT2D eigenvalue weighted by Crippen LogP contribution is 2.31. The number of aliphatic hydroxyl groups is 1. The van der Waals surface area contributed by atoms with E-state index >= 15 is 0 Å². The van der Waals surface area contributed by atoms with Gasteiger partial charge in [-0.05, 0) is 18.6 Å². The van der Waals surface area contributed by atoms with Crippen LogP contribution in [0.4, 0.5) is 5.69 Å². The summed E-state index contributed by atoms with van der Waals surface area (Å²) in [4.78, 5) is 0. The third-order valence-electron chi connectivity index (χ3n) is 2.05. The molecule has 0 saturated heterocycles. The number of benzene rings is 1. The van der Waals surface area contributed by atoms with Crippen LogP contribution in [0.2, 0.25) is 0 Å². The van der Waals surface area contributed by atoms with E-state index in [0.29, 0.717) is 36.8 Å². The highest BCUT2D eigenvalue weighted by Gasteiger charge is 2.06. The van der Waals surface area contributed by atoms with Gasteiger partial charge >= 0.3 is 0 Å². The molecule has 0 spiro atoms. The highest BCUT2D eigenvalue weighted by atomic mass is 16.5. The van der Waals surface area contributed by atoms with Gasteiger partial charge in [-0.25, -0.2) is 0 Å². The third-order valence-corrected chi connectivity index (χ3v) is 2.05. The minimum atomic E-state index is 0.117. The molecule has 0 aliphatic rings. The molecule has 0 aliphatic heterocycles. The Bertz CT molecular complexity index is 315. The van der Waals surface area contributed by atoms with E-state index in [4.69, 9.17) is 20.3 Å². The second-order valence-corrected chi connectivity index (χ2v) is 3.44. The van der Waals surface area contributed by atoms with Crippen LogP contribution in [0.3, 0.4) is 0 Å². The van der Waals surface area contributed by atoms with Gasteiger partial charge in [0.05, 0.1) is 13.2 Å². The quantitative estimate of drug-likeness (QED) is 0.548. The van der Waals surface area contributed by atoms with Gasteiger partial charge in [0.2, 0.25) is 0 Å². The first-order valence-corrected chi connectivity index (χ1v) is 5.54. The summed E-state index contributed by atoms with van der Waals surface area (Å²) in [5.41, 5.74) is 6.42. The molecule has 3 N–H and O–H groups in total. The van der Waals surface area contributed by atoms with Crippen LogP contribution in [0.1, 0.15) is 19.8 Å². The van der Waals surface area contributed by atoms with E-state index in [0.717, 1.165) is 6.42 Å². The molecule has 1 rings (SSSR count). The molecule has 0 atom stereocenters. The fraction of sp³-hybridized carbons (Fsp3) is 0.500. The van der Waals surface area contributed by atoms with Crippen LogP contribution in [-0.2, 0) is 0 Å². The Morgan fingerprint density at radius 3 is 2.38 bits per heavy atom. The van der Waals surface area contributed by atoms with Gasteiger partial charge in [0.1, 0.15) is 17.2 Å². The molecular formula is C12H19NO3. The molecule has 0 heterocycles. The van der Waals surface area contributed by atoms with Crippen molar-refractivity contribution in [2.75, 3.05) is 25.6 Å². The fourth-order valence-corrected chi connectivity index (χ4v) is 1.23. The standard InChI is InChI=1S/C12H19NO3/c1-2-8-15-10-5-3-6-11(12(10)13)16-9-4-7-14/h3,5-6,14H,2,4,7-9,13H2,1H3. The first-order valence-electron chi connectivity index (χ1n) is 5.54. The van der Waals surface area contributed by atoms with Crippen LogP contribution in [0.25, 0.3) is 0 Å². The maximum atomic E-state index is 8.65. The summed E-state index contributed by atoms with van der Waals surface area (Å²) in [5.74, 6) is 1.27. The first-order chi connectivity index (χ1) is 7.79. The van der Waals surface area contributed by atoms with Crippen LogP contribution >= 0.6 is 0 Å². The van der Waals surface area contributed by atoms with E-state index in [1.54, 1.807) is 6.07 Å².